The van der Waals surface area contributed by atoms with Crippen molar-refractivity contribution in [3.63, 3.8) is 0 Å². The van der Waals surface area contributed by atoms with Crippen molar-refractivity contribution in [1.82, 2.24) is 0 Å². The molecule has 0 saturated carbocycles. The Morgan fingerprint density at radius 3 is 2.18 bits per heavy atom. The lowest BCUT2D eigenvalue weighted by Gasteiger charge is -1.96. The molecule has 0 amide bonds. The van der Waals surface area contributed by atoms with Gasteiger partial charge in [0.25, 0.3) is 0 Å². The van der Waals surface area contributed by atoms with E-state index >= 15 is 0 Å². The SMILES string of the molecule is CC[NH2+]c1ccc(C)cc1.[OH-]. The average molecular weight is 153 g/mol. The second-order valence-corrected chi connectivity index (χ2v) is 2.52. The summed E-state index contributed by atoms with van der Waals surface area (Å²) in [7, 11) is 0. The molecule has 62 valence electrons. The highest BCUT2D eigenvalue weighted by molar-refractivity contribution is 5.30. The van der Waals surface area contributed by atoms with Crippen LogP contribution < -0.4 is 5.32 Å². The summed E-state index contributed by atoms with van der Waals surface area (Å²) in [5, 5.41) is 2.22. The molecule has 0 aliphatic rings. The van der Waals surface area contributed by atoms with Gasteiger partial charge in [-0.25, -0.2) is 0 Å². The van der Waals surface area contributed by atoms with Crippen LogP contribution in [-0.4, -0.2) is 12.0 Å². The number of nitrogens with two attached hydrogens (primary N) is 1. The van der Waals surface area contributed by atoms with Crippen LogP contribution in [0.25, 0.3) is 0 Å². The molecule has 0 fully saturated rings. The molecule has 0 heterocycles. The molecule has 0 saturated heterocycles. The Morgan fingerprint density at radius 1 is 1.18 bits per heavy atom. The molecule has 0 aliphatic carbocycles. The van der Waals surface area contributed by atoms with Gasteiger partial charge in [-0.05, 0) is 26.0 Å². The predicted octanol–water partition coefficient (Wildman–Crippen LogP) is 1.03. The number of hydrogen-bond donors (Lipinski definition) is 1. The quantitative estimate of drug-likeness (QED) is 0.634. The fraction of sp³-hybridized carbons (Fsp3) is 0.333. The molecular weight excluding hydrogens is 138 g/mol. The maximum absolute atomic E-state index is 2.22. The summed E-state index contributed by atoms with van der Waals surface area (Å²) >= 11 is 0. The minimum Gasteiger partial charge on any atom is -0.870 e. The number of rotatable bonds is 2. The van der Waals surface area contributed by atoms with E-state index in [0.29, 0.717) is 0 Å². The molecule has 2 nitrogen and oxygen atoms in total. The Labute approximate surface area is 67.6 Å². The molecule has 1 aromatic rings. The van der Waals surface area contributed by atoms with E-state index < -0.39 is 0 Å². The van der Waals surface area contributed by atoms with E-state index in [0.717, 1.165) is 6.54 Å². The molecule has 0 atom stereocenters. The van der Waals surface area contributed by atoms with Gasteiger partial charge in [0.2, 0.25) is 0 Å². The molecule has 0 aliphatic heterocycles. The van der Waals surface area contributed by atoms with E-state index in [1.165, 1.54) is 11.3 Å². The van der Waals surface area contributed by atoms with Crippen molar-refractivity contribution in [3.05, 3.63) is 29.8 Å². The van der Waals surface area contributed by atoms with E-state index in [-0.39, 0.29) is 5.48 Å². The summed E-state index contributed by atoms with van der Waals surface area (Å²) in [6.07, 6.45) is 0. The van der Waals surface area contributed by atoms with Crippen molar-refractivity contribution in [1.29, 1.82) is 0 Å². The maximum Gasteiger partial charge on any atom is 0.129 e. The highest BCUT2D eigenvalue weighted by Gasteiger charge is 1.90. The lowest BCUT2D eigenvalue weighted by atomic mass is 10.2. The predicted molar refractivity (Wildman–Crippen MR) is 45.2 cm³/mol. The van der Waals surface area contributed by atoms with Crippen molar-refractivity contribution >= 4 is 5.69 Å². The van der Waals surface area contributed by atoms with Crippen LogP contribution in [-0.2, 0) is 0 Å². The highest BCUT2D eigenvalue weighted by Crippen LogP contribution is 2.01. The van der Waals surface area contributed by atoms with Crippen LogP contribution in [0.3, 0.4) is 0 Å². The Hall–Kier alpha value is -0.860. The monoisotopic (exact) mass is 153 g/mol. The molecule has 0 spiro atoms. The first-order valence-electron chi connectivity index (χ1n) is 3.73. The van der Waals surface area contributed by atoms with E-state index in [2.05, 4.69) is 43.4 Å². The first-order chi connectivity index (χ1) is 4.83. The first-order valence-corrected chi connectivity index (χ1v) is 3.73. The van der Waals surface area contributed by atoms with Crippen LogP contribution in [0.4, 0.5) is 5.69 Å². The molecule has 1 rings (SSSR count). The summed E-state index contributed by atoms with van der Waals surface area (Å²) in [4.78, 5) is 0. The molecule has 11 heavy (non-hydrogen) atoms. The van der Waals surface area contributed by atoms with Gasteiger partial charge in [-0.2, -0.15) is 0 Å². The molecule has 0 aromatic heterocycles. The van der Waals surface area contributed by atoms with Gasteiger partial charge >= 0.3 is 0 Å². The normalized spacial score (nSPS) is 8.91. The standard InChI is InChI=1S/C9H13N.H2O/c1-3-10-9-6-4-8(2)5-7-9;/h4-7,10H,3H2,1-2H3;1H2. The van der Waals surface area contributed by atoms with Gasteiger partial charge in [-0.3, -0.25) is 0 Å². The van der Waals surface area contributed by atoms with E-state index in [1.807, 2.05) is 0 Å². The second-order valence-electron chi connectivity index (χ2n) is 2.52. The van der Waals surface area contributed by atoms with E-state index in [1.54, 1.807) is 0 Å². The zero-order valence-electron chi connectivity index (χ0n) is 7.04. The zero-order valence-corrected chi connectivity index (χ0v) is 7.04. The average Bonchev–Trinajstić information content (AvgIpc) is 1.95. The van der Waals surface area contributed by atoms with E-state index in [9.17, 15) is 0 Å². The van der Waals surface area contributed by atoms with Crippen molar-refractivity contribution in [3.8, 4) is 0 Å². The van der Waals surface area contributed by atoms with Gasteiger partial charge in [0.1, 0.15) is 5.69 Å². The second kappa shape index (κ2) is 4.88. The Bertz CT molecular complexity index is 193. The minimum absolute atomic E-state index is 0. The number of benzene rings is 1. The number of aryl methyl sites for hydroxylation is 1. The summed E-state index contributed by atoms with van der Waals surface area (Å²) in [5.74, 6) is 0. The molecule has 1 aromatic carbocycles. The highest BCUT2D eigenvalue weighted by atomic mass is 16.0. The van der Waals surface area contributed by atoms with Crippen molar-refractivity contribution in [2.24, 2.45) is 0 Å². The van der Waals surface area contributed by atoms with E-state index in [4.69, 9.17) is 0 Å². The zero-order chi connectivity index (χ0) is 7.40. The van der Waals surface area contributed by atoms with Gasteiger partial charge in [0.15, 0.2) is 0 Å². The fourth-order valence-electron chi connectivity index (χ4n) is 0.938. The molecule has 0 bridgehead atoms. The summed E-state index contributed by atoms with van der Waals surface area (Å²) in [6, 6.07) is 8.58. The van der Waals surface area contributed by atoms with Gasteiger partial charge in [0.05, 0.1) is 6.54 Å². The number of hydrogen-bond acceptors (Lipinski definition) is 1. The maximum atomic E-state index is 2.22. The third-order valence-corrected chi connectivity index (χ3v) is 1.52. The number of quaternary nitrogens is 1. The van der Waals surface area contributed by atoms with Crippen LogP contribution in [0.15, 0.2) is 24.3 Å². The minimum atomic E-state index is 0. The molecule has 3 N–H and O–H groups in total. The van der Waals surface area contributed by atoms with Crippen molar-refractivity contribution in [2.75, 3.05) is 6.54 Å². The first kappa shape index (κ1) is 10.1. The molecular formula is C9H15NO. The van der Waals surface area contributed by atoms with Crippen molar-refractivity contribution in [2.45, 2.75) is 13.8 Å². The fourth-order valence-corrected chi connectivity index (χ4v) is 0.938. The third kappa shape index (κ3) is 3.16. The van der Waals surface area contributed by atoms with Gasteiger partial charge in [-0.1, -0.05) is 17.7 Å². The smallest absolute Gasteiger partial charge is 0.129 e. The van der Waals surface area contributed by atoms with Crippen LogP contribution in [0, 0.1) is 6.92 Å². The summed E-state index contributed by atoms with van der Waals surface area (Å²) < 4.78 is 0. The van der Waals surface area contributed by atoms with Crippen LogP contribution in [0.1, 0.15) is 12.5 Å². The molecule has 0 unspecified atom stereocenters. The van der Waals surface area contributed by atoms with Crippen molar-refractivity contribution < 1.29 is 10.8 Å². The Morgan fingerprint density at radius 2 is 1.73 bits per heavy atom. The largest absolute Gasteiger partial charge is 0.870 e. The lowest BCUT2D eigenvalue weighted by molar-refractivity contribution is -0.567. The van der Waals surface area contributed by atoms with Crippen LogP contribution in [0.2, 0.25) is 0 Å². The Balaban J connectivity index is 0.000001000. The van der Waals surface area contributed by atoms with Gasteiger partial charge < -0.3 is 10.8 Å². The van der Waals surface area contributed by atoms with Crippen LogP contribution >= 0.6 is 0 Å². The lowest BCUT2D eigenvalue weighted by Crippen LogP contribution is -2.77. The molecule has 2 heteroatoms. The molecule has 0 radical (unpaired) electrons. The topological polar surface area (TPSA) is 46.6 Å². The van der Waals surface area contributed by atoms with Crippen LogP contribution in [0.5, 0.6) is 0 Å². The Kier molecular flexibility index (Phi) is 4.50. The summed E-state index contributed by atoms with van der Waals surface area (Å²) in [5.41, 5.74) is 2.65. The van der Waals surface area contributed by atoms with Gasteiger partial charge in [0, 0.05) is 0 Å². The van der Waals surface area contributed by atoms with Gasteiger partial charge in [-0.15, -0.1) is 0 Å². The summed E-state index contributed by atoms with van der Waals surface area (Å²) in [6.45, 7) is 5.37. The third-order valence-electron chi connectivity index (χ3n) is 1.52.